The third kappa shape index (κ3) is 2.96. The van der Waals surface area contributed by atoms with Gasteiger partial charge < -0.3 is 15.8 Å². The van der Waals surface area contributed by atoms with Crippen LogP contribution in [0, 0.1) is 0 Å². The summed E-state index contributed by atoms with van der Waals surface area (Å²) in [4.78, 5) is 12.3. The molecule has 0 saturated carbocycles. The van der Waals surface area contributed by atoms with E-state index in [1.807, 2.05) is 30.3 Å². The molecule has 3 rings (SSSR count). The number of hydrogen-bond donors (Lipinski definition) is 2. The molecule has 6 nitrogen and oxygen atoms in total. The standard InChI is InChI=1S/C15H18N4O2/c16-15(6-8-21-9-7-15)14(20)18-12-10-17-19(11-12)13-4-2-1-3-5-13/h1-5,10-11H,6-9,16H2,(H,18,20). The molecule has 0 spiro atoms. The first-order valence-electron chi connectivity index (χ1n) is 6.96. The van der Waals surface area contributed by atoms with Gasteiger partial charge in [0.1, 0.15) is 5.54 Å². The Balaban J connectivity index is 1.71. The van der Waals surface area contributed by atoms with Gasteiger partial charge in [-0.15, -0.1) is 0 Å². The molecule has 0 atom stereocenters. The number of benzene rings is 1. The number of carbonyl (C=O) groups excluding carboxylic acids is 1. The molecule has 6 heteroatoms. The van der Waals surface area contributed by atoms with Crippen LogP contribution in [0.5, 0.6) is 0 Å². The number of hydrogen-bond acceptors (Lipinski definition) is 4. The van der Waals surface area contributed by atoms with Crippen LogP contribution in [0.15, 0.2) is 42.7 Å². The minimum Gasteiger partial charge on any atom is -0.381 e. The summed E-state index contributed by atoms with van der Waals surface area (Å²) in [5.41, 5.74) is 6.87. The number of carbonyl (C=O) groups is 1. The predicted molar refractivity (Wildman–Crippen MR) is 79.2 cm³/mol. The summed E-state index contributed by atoms with van der Waals surface area (Å²) in [6, 6.07) is 9.71. The van der Waals surface area contributed by atoms with Crippen molar-refractivity contribution >= 4 is 11.6 Å². The Morgan fingerprint density at radius 2 is 2.00 bits per heavy atom. The van der Waals surface area contributed by atoms with E-state index in [0.29, 0.717) is 31.7 Å². The molecule has 1 amide bonds. The summed E-state index contributed by atoms with van der Waals surface area (Å²) >= 11 is 0. The van der Waals surface area contributed by atoms with Gasteiger partial charge in [-0.2, -0.15) is 5.10 Å². The smallest absolute Gasteiger partial charge is 0.244 e. The topological polar surface area (TPSA) is 82.2 Å². The highest BCUT2D eigenvalue weighted by Gasteiger charge is 2.36. The normalized spacial score (nSPS) is 17.4. The highest BCUT2D eigenvalue weighted by atomic mass is 16.5. The molecule has 1 saturated heterocycles. The quantitative estimate of drug-likeness (QED) is 0.891. The zero-order chi connectivity index (χ0) is 14.7. The summed E-state index contributed by atoms with van der Waals surface area (Å²) in [6.45, 7) is 1.04. The predicted octanol–water partition coefficient (Wildman–Crippen LogP) is 1.32. The van der Waals surface area contributed by atoms with Crippen LogP contribution in [0.1, 0.15) is 12.8 Å². The first-order valence-corrected chi connectivity index (χ1v) is 6.96. The van der Waals surface area contributed by atoms with Gasteiger partial charge in [0.15, 0.2) is 0 Å². The lowest BCUT2D eigenvalue weighted by atomic mass is 9.90. The van der Waals surface area contributed by atoms with Crippen molar-refractivity contribution in [3.63, 3.8) is 0 Å². The average Bonchev–Trinajstić information content (AvgIpc) is 2.97. The fraction of sp³-hybridized carbons (Fsp3) is 0.333. The van der Waals surface area contributed by atoms with Gasteiger partial charge in [-0.3, -0.25) is 4.79 Å². The maximum atomic E-state index is 12.3. The van der Waals surface area contributed by atoms with Crippen LogP contribution in [-0.2, 0) is 9.53 Å². The van der Waals surface area contributed by atoms with Crippen LogP contribution >= 0.6 is 0 Å². The molecular formula is C15H18N4O2. The van der Waals surface area contributed by atoms with Crippen molar-refractivity contribution in [3.05, 3.63) is 42.7 Å². The van der Waals surface area contributed by atoms with Crippen LogP contribution in [0.4, 0.5) is 5.69 Å². The second kappa shape index (κ2) is 5.67. The summed E-state index contributed by atoms with van der Waals surface area (Å²) in [5, 5.41) is 7.08. The van der Waals surface area contributed by atoms with Crippen LogP contribution < -0.4 is 11.1 Å². The van der Waals surface area contributed by atoms with Crippen molar-refractivity contribution in [2.75, 3.05) is 18.5 Å². The Morgan fingerprint density at radius 1 is 1.29 bits per heavy atom. The Hall–Kier alpha value is -2.18. The molecule has 1 aromatic carbocycles. The van der Waals surface area contributed by atoms with Crippen LogP contribution in [0.2, 0.25) is 0 Å². The molecule has 0 unspecified atom stereocenters. The van der Waals surface area contributed by atoms with E-state index >= 15 is 0 Å². The van der Waals surface area contributed by atoms with Crippen molar-refractivity contribution in [2.45, 2.75) is 18.4 Å². The van der Waals surface area contributed by atoms with E-state index in [0.717, 1.165) is 5.69 Å². The van der Waals surface area contributed by atoms with E-state index in [2.05, 4.69) is 10.4 Å². The lowest BCUT2D eigenvalue weighted by molar-refractivity contribution is -0.124. The molecule has 2 heterocycles. The van der Waals surface area contributed by atoms with E-state index in [9.17, 15) is 4.79 Å². The van der Waals surface area contributed by atoms with Crippen molar-refractivity contribution in [2.24, 2.45) is 5.73 Å². The number of nitrogens with one attached hydrogen (secondary N) is 1. The SMILES string of the molecule is NC1(C(=O)Nc2cnn(-c3ccccc3)c2)CCOCC1. The third-order valence-electron chi connectivity index (χ3n) is 3.70. The van der Waals surface area contributed by atoms with Gasteiger partial charge in [0, 0.05) is 13.2 Å². The zero-order valence-electron chi connectivity index (χ0n) is 11.7. The molecule has 1 aliphatic rings. The number of aromatic nitrogens is 2. The lowest BCUT2D eigenvalue weighted by Crippen LogP contribution is -2.54. The van der Waals surface area contributed by atoms with Crippen molar-refractivity contribution < 1.29 is 9.53 Å². The maximum absolute atomic E-state index is 12.3. The summed E-state index contributed by atoms with van der Waals surface area (Å²) in [5.74, 6) is -0.182. The number of nitrogens with zero attached hydrogens (tertiary/aromatic N) is 2. The average molecular weight is 286 g/mol. The minimum atomic E-state index is -0.854. The van der Waals surface area contributed by atoms with Crippen LogP contribution in [0.3, 0.4) is 0 Å². The third-order valence-corrected chi connectivity index (χ3v) is 3.70. The summed E-state index contributed by atoms with van der Waals surface area (Å²) in [6.07, 6.45) is 4.46. The van der Waals surface area contributed by atoms with Gasteiger partial charge in [-0.25, -0.2) is 4.68 Å². The fourth-order valence-electron chi connectivity index (χ4n) is 2.33. The second-order valence-electron chi connectivity index (χ2n) is 5.23. The van der Waals surface area contributed by atoms with E-state index in [-0.39, 0.29) is 5.91 Å². The molecule has 1 aromatic heterocycles. The molecule has 0 bridgehead atoms. The molecule has 21 heavy (non-hydrogen) atoms. The van der Waals surface area contributed by atoms with Gasteiger partial charge in [0.05, 0.1) is 23.8 Å². The van der Waals surface area contributed by atoms with E-state index in [4.69, 9.17) is 10.5 Å². The number of anilines is 1. The second-order valence-corrected chi connectivity index (χ2v) is 5.23. The molecule has 3 N–H and O–H groups in total. The zero-order valence-corrected chi connectivity index (χ0v) is 11.7. The number of nitrogens with two attached hydrogens (primary N) is 1. The number of para-hydroxylation sites is 1. The van der Waals surface area contributed by atoms with E-state index < -0.39 is 5.54 Å². The molecule has 0 aliphatic carbocycles. The molecule has 2 aromatic rings. The van der Waals surface area contributed by atoms with E-state index in [1.54, 1.807) is 17.1 Å². The van der Waals surface area contributed by atoms with Crippen LogP contribution in [-0.4, -0.2) is 34.4 Å². The molecular weight excluding hydrogens is 268 g/mol. The van der Waals surface area contributed by atoms with Crippen molar-refractivity contribution in [1.29, 1.82) is 0 Å². The molecule has 0 radical (unpaired) electrons. The monoisotopic (exact) mass is 286 g/mol. The molecule has 110 valence electrons. The lowest BCUT2D eigenvalue weighted by Gasteiger charge is -2.31. The van der Waals surface area contributed by atoms with Crippen LogP contribution in [0.25, 0.3) is 5.69 Å². The fourth-order valence-corrected chi connectivity index (χ4v) is 2.33. The molecule has 1 aliphatic heterocycles. The first kappa shape index (κ1) is 13.8. The minimum absolute atomic E-state index is 0.182. The summed E-state index contributed by atoms with van der Waals surface area (Å²) in [7, 11) is 0. The Bertz CT molecular complexity index is 618. The first-order chi connectivity index (χ1) is 10.2. The Labute approximate surface area is 122 Å². The largest absolute Gasteiger partial charge is 0.381 e. The van der Waals surface area contributed by atoms with Gasteiger partial charge >= 0.3 is 0 Å². The van der Waals surface area contributed by atoms with Crippen molar-refractivity contribution in [3.8, 4) is 5.69 Å². The molecule has 1 fully saturated rings. The highest BCUT2D eigenvalue weighted by Crippen LogP contribution is 2.20. The van der Waals surface area contributed by atoms with Gasteiger partial charge in [-0.05, 0) is 25.0 Å². The van der Waals surface area contributed by atoms with Gasteiger partial charge in [0.25, 0.3) is 0 Å². The van der Waals surface area contributed by atoms with Gasteiger partial charge in [-0.1, -0.05) is 18.2 Å². The number of ether oxygens (including phenoxy) is 1. The maximum Gasteiger partial charge on any atom is 0.244 e. The van der Waals surface area contributed by atoms with Gasteiger partial charge in [0.2, 0.25) is 5.91 Å². The Morgan fingerprint density at radius 3 is 2.71 bits per heavy atom. The Kier molecular flexibility index (Phi) is 3.72. The number of amides is 1. The van der Waals surface area contributed by atoms with Crippen molar-refractivity contribution in [1.82, 2.24) is 9.78 Å². The number of rotatable bonds is 3. The highest BCUT2D eigenvalue weighted by molar-refractivity contribution is 5.97. The van der Waals surface area contributed by atoms with E-state index in [1.165, 1.54) is 0 Å². The summed E-state index contributed by atoms with van der Waals surface area (Å²) < 4.78 is 6.96.